The van der Waals surface area contributed by atoms with Crippen LogP contribution in [0.25, 0.3) is 0 Å². The first-order chi connectivity index (χ1) is 15.5. The highest BCUT2D eigenvalue weighted by Crippen LogP contribution is 2.28. The highest BCUT2D eigenvalue weighted by molar-refractivity contribution is 6.09. The number of alkyl halides is 3. The summed E-state index contributed by atoms with van der Waals surface area (Å²) >= 11 is 0. The minimum Gasteiger partial charge on any atom is -0.493 e. The molecule has 0 bridgehead atoms. The van der Waals surface area contributed by atoms with Crippen LogP contribution in [0, 0.1) is 0 Å². The molecular formula is C22H24F3N3O5. The summed E-state index contributed by atoms with van der Waals surface area (Å²) in [6, 6.07) is 9.85. The number of carbonyl (C=O) groups excluding carboxylic acids is 3. The van der Waals surface area contributed by atoms with Crippen LogP contribution in [0.4, 0.5) is 18.9 Å². The lowest BCUT2D eigenvalue weighted by Gasteiger charge is -2.14. The molecule has 0 aliphatic heterocycles. The number of anilines is 1. The largest absolute Gasteiger partial charge is 0.493 e. The normalized spacial score (nSPS) is 11.0. The number of halogens is 3. The van der Waals surface area contributed by atoms with E-state index in [4.69, 9.17) is 9.47 Å². The van der Waals surface area contributed by atoms with Gasteiger partial charge in [0.1, 0.15) is 6.54 Å². The Hall–Kier alpha value is -3.76. The van der Waals surface area contributed by atoms with Gasteiger partial charge in [-0.1, -0.05) is 12.1 Å². The molecule has 3 N–H and O–H groups in total. The Morgan fingerprint density at radius 1 is 1.00 bits per heavy atom. The van der Waals surface area contributed by atoms with E-state index in [0.29, 0.717) is 0 Å². The Kier molecular flexibility index (Phi) is 8.66. The second-order valence-corrected chi connectivity index (χ2v) is 7.17. The van der Waals surface area contributed by atoms with E-state index >= 15 is 0 Å². The summed E-state index contributed by atoms with van der Waals surface area (Å²) < 4.78 is 47.8. The number of amides is 3. The van der Waals surface area contributed by atoms with Gasteiger partial charge in [-0.3, -0.25) is 14.4 Å². The third-order valence-electron chi connectivity index (χ3n) is 4.10. The number of para-hydroxylation sites is 1. The molecule has 3 amide bonds. The lowest BCUT2D eigenvalue weighted by molar-refractivity contribution is -0.124. The van der Waals surface area contributed by atoms with Crippen LogP contribution in [0.5, 0.6) is 11.5 Å². The second-order valence-electron chi connectivity index (χ2n) is 7.17. The molecule has 0 aliphatic carbocycles. The zero-order valence-electron chi connectivity index (χ0n) is 18.2. The molecule has 33 heavy (non-hydrogen) atoms. The predicted molar refractivity (Wildman–Crippen MR) is 115 cm³/mol. The first-order valence-corrected chi connectivity index (χ1v) is 9.85. The van der Waals surface area contributed by atoms with E-state index in [-0.39, 0.29) is 46.9 Å². The number of hydrogen-bond acceptors (Lipinski definition) is 5. The molecular weight excluding hydrogens is 443 g/mol. The number of rotatable bonds is 9. The van der Waals surface area contributed by atoms with Gasteiger partial charge in [-0.25, -0.2) is 0 Å². The summed E-state index contributed by atoms with van der Waals surface area (Å²) in [5.41, 5.74) is 0.0429. The maximum Gasteiger partial charge on any atom is 0.405 e. The molecule has 0 unspecified atom stereocenters. The minimum absolute atomic E-state index is 0.0341. The monoisotopic (exact) mass is 467 g/mol. The van der Waals surface area contributed by atoms with Crippen molar-refractivity contribution in [1.82, 2.24) is 10.6 Å². The zero-order valence-corrected chi connectivity index (χ0v) is 18.2. The van der Waals surface area contributed by atoms with Gasteiger partial charge in [-0.05, 0) is 44.2 Å². The number of carbonyl (C=O) groups is 3. The van der Waals surface area contributed by atoms with Crippen LogP contribution in [-0.4, -0.2) is 50.2 Å². The van der Waals surface area contributed by atoms with Crippen LogP contribution in [0.1, 0.15) is 34.6 Å². The number of methoxy groups -OCH3 is 1. The van der Waals surface area contributed by atoms with Crippen molar-refractivity contribution in [3.63, 3.8) is 0 Å². The lowest BCUT2D eigenvalue weighted by atomic mass is 10.1. The summed E-state index contributed by atoms with van der Waals surface area (Å²) in [5, 5.41) is 6.95. The van der Waals surface area contributed by atoms with E-state index in [1.165, 1.54) is 49.6 Å². The van der Waals surface area contributed by atoms with Gasteiger partial charge in [0.2, 0.25) is 0 Å². The van der Waals surface area contributed by atoms with Crippen LogP contribution in [0.2, 0.25) is 0 Å². The quantitative estimate of drug-likeness (QED) is 0.526. The van der Waals surface area contributed by atoms with Gasteiger partial charge in [0.05, 0.1) is 18.4 Å². The molecule has 0 fully saturated rings. The Bertz CT molecular complexity index is 1010. The van der Waals surface area contributed by atoms with Crippen molar-refractivity contribution in [3.8, 4) is 11.5 Å². The molecule has 0 saturated carbocycles. The van der Waals surface area contributed by atoms with Crippen LogP contribution >= 0.6 is 0 Å². The van der Waals surface area contributed by atoms with E-state index in [9.17, 15) is 27.6 Å². The Morgan fingerprint density at radius 2 is 1.70 bits per heavy atom. The first kappa shape index (κ1) is 25.5. The molecule has 2 rings (SSSR count). The highest BCUT2D eigenvalue weighted by Gasteiger charge is 2.28. The minimum atomic E-state index is -4.57. The summed E-state index contributed by atoms with van der Waals surface area (Å²) in [5.74, 6) is -1.51. The predicted octanol–water partition coefficient (Wildman–Crippen LogP) is 3.14. The van der Waals surface area contributed by atoms with Crippen LogP contribution in [0.15, 0.2) is 42.5 Å². The molecule has 0 atom stereocenters. The van der Waals surface area contributed by atoms with Gasteiger partial charge in [-0.15, -0.1) is 0 Å². The van der Waals surface area contributed by atoms with Crippen LogP contribution in [-0.2, 0) is 4.79 Å². The van der Waals surface area contributed by atoms with Crippen LogP contribution < -0.4 is 25.4 Å². The van der Waals surface area contributed by atoms with E-state index in [2.05, 4.69) is 10.6 Å². The summed E-state index contributed by atoms with van der Waals surface area (Å²) in [7, 11) is 1.36. The van der Waals surface area contributed by atoms with Crippen molar-refractivity contribution in [2.24, 2.45) is 0 Å². The fourth-order valence-corrected chi connectivity index (χ4v) is 2.70. The van der Waals surface area contributed by atoms with E-state index < -0.39 is 24.5 Å². The average Bonchev–Trinajstić information content (AvgIpc) is 2.75. The van der Waals surface area contributed by atoms with Crippen molar-refractivity contribution < 1.29 is 37.0 Å². The van der Waals surface area contributed by atoms with E-state index in [1.807, 2.05) is 13.8 Å². The number of hydrogen-bond donors (Lipinski definition) is 3. The van der Waals surface area contributed by atoms with Crippen molar-refractivity contribution in [2.75, 3.05) is 25.6 Å². The Balaban J connectivity index is 2.13. The molecule has 2 aromatic carbocycles. The van der Waals surface area contributed by atoms with Gasteiger partial charge in [-0.2, -0.15) is 13.2 Å². The van der Waals surface area contributed by atoms with Crippen molar-refractivity contribution in [1.29, 1.82) is 0 Å². The molecule has 11 heteroatoms. The number of benzene rings is 2. The third kappa shape index (κ3) is 8.02. The highest BCUT2D eigenvalue weighted by atomic mass is 19.4. The van der Waals surface area contributed by atoms with Gasteiger partial charge in [0, 0.05) is 11.6 Å². The molecule has 0 aromatic heterocycles. The van der Waals surface area contributed by atoms with Gasteiger partial charge in [0.15, 0.2) is 18.1 Å². The maximum absolute atomic E-state index is 12.7. The Morgan fingerprint density at radius 3 is 2.33 bits per heavy atom. The van der Waals surface area contributed by atoms with Crippen LogP contribution in [0.3, 0.4) is 0 Å². The molecule has 0 spiro atoms. The van der Waals surface area contributed by atoms with Crippen molar-refractivity contribution in [3.05, 3.63) is 53.6 Å². The molecule has 8 nitrogen and oxygen atoms in total. The summed E-state index contributed by atoms with van der Waals surface area (Å²) in [4.78, 5) is 36.6. The maximum atomic E-state index is 12.7. The molecule has 178 valence electrons. The molecule has 0 saturated heterocycles. The van der Waals surface area contributed by atoms with Gasteiger partial charge < -0.3 is 25.4 Å². The number of ether oxygens (including phenoxy) is 2. The fraction of sp³-hybridized carbons (Fsp3) is 0.318. The Labute approximate surface area is 188 Å². The van der Waals surface area contributed by atoms with E-state index in [0.717, 1.165) is 0 Å². The SMILES string of the molecule is COc1cc(C(=O)Nc2ccccc2C(=O)NCC(F)(F)F)ccc1OCC(=O)NC(C)C. The standard InChI is InChI=1S/C22H24F3N3O5/c1-13(2)27-19(29)11-33-17-9-8-14(10-18(17)32-3)20(30)28-16-7-5-4-6-15(16)21(31)26-12-22(23,24)25/h4-10,13H,11-12H2,1-3H3,(H,26,31)(H,27,29)(H,28,30). The molecule has 0 heterocycles. The lowest BCUT2D eigenvalue weighted by Crippen LogP contribution is -2.34. The topological polar surface area (TPSA) is 106 Å². The molecule has 2 aromatic rings. The van der Waals surface area contributed by atoms with Gasteiger partial charge >= 0.3 is 6.18 Å². The number of nitrogens with one attached hydrogen (secondary N) is 3. The van der Waals surface area contributed by atoms with E-state index in [1.54, 1.807) is 5.32 Å². The van der Waals surface area contributed by atoms with Crippen molar-refractivity contribution in [2.45, 2.75) is 26.1 Å². The van der Waals surface area contributed by atoms with Crippen molar-refractivity contribution >= 4 is 23.4 Å². The summed E-state index contributed by atoms with van der Waals surface area (Å²) in [6.45, 7) is 1.87. The fourth-order valence-electron chi connectivity index (χ4n) is 2.70. The van der Waals surface area contributed by atoms with Gasteiger partial charge in [0.25, 0.3) is 17.7 Å². The first-order valence-electron chi connectivity index (χ1n) is 9.85. The summed E-state index contributed by atoms with van der Waals surface area (Å²) in [6.07, 6.45) is -4.57. The average molecular weight is 467 g/mol. The second kappa shape index (κ2) is 11.2. The zero-order chi connectivity index (χ0) is 24.6. The molecule has 0 aliphatic rings. The molecule has 0 radical (unpaired) electrons. The third-order valence-corrected chi connectivity index (χ3v) is 4.10. The smallest absolute Gasteiger partial charge is 0.405 e.